The number of hydrogen-bond acceptors (Lipinski definition) is 15. The van der Waals surface area contributed by atoms with Crippen LogP contribution in [0.3, 0.4) is 0 Å². The van der Waals surface area contributed by atoms with Crippen molar-refractivity contribution in [2.75, 3.05) is 7.11 Å². The average Bonchev–Trinajstić information content (AvgIpc) is 3.42. The van der Waals surface area contributed by atoms with E-state index in [1.807, 2.05) is 0 Å². The molecule has 1 aromatic rings. The van der Waals surface area contributed by atoms with Crippen LogP contribution in [-0.2, 0) is 48.0 Å². The molecular formula is C41H67NO15S. The largest absolute Gasteiger partial charge is 0.459 e. The third-order valence-corrected chi connectivity index (χ3v) is 14.9. The van der Waals surface area contributed by atoms with Crippen molar-refractivity contribution >= 4 is 16.0 Å². The number of cyclic esters (lactones) is 1. The summed E-state index contributed by atoms with van der Waals surface area (Å²) in [7, 11) is -2.60. The maximum Gasteiger partial charge on any atom is 0.311 e. The second-order valence-electron chi connectivity index (χ2n) is 17.9. The van der Waals surface area contributed by atoms with Gasteiger partial charge in [0.25, 0.3) is 0 Å². The first-order valence-electron chi connectivity index (χ1n) is 20.5. The number of aliphatic hydroxyl groups excluding tert-OH is 3. The molecule has 0 aliphatic carbocycles. The van der Waals surface area contributed by atoms with E-state index in [1.54, 1.807) is 80.5 Å². The van der Waals surface area contributed by atoms with Crippen molar-refractivity contribution in [2.24, 2.45) is 23.7 Å². The third-order valence-electron chi connectivity index (χ3n) is 13.4. The minimum Gasteiger partial charge on any atom is -0.459 e. The molecule has 16 nitrogen and oxygen atoms in total. The van der Waals surface area contributed by atoms with Gasteiger partial charge >= 0.3 is 5.97 Å². The summed E-state index contributed by atoms with van der Waals surface area (Å²) in [6.07, 6.45) is -11.1. The van der Waals surface area contributed by atoms with Gasteiger partial charge in [-0.15, -0.1) is 0 Å². The second kappa shape index (κ2) is 17.5. The molecule has 2 bridgehead atoms. The van der Waals surface area contributed by atoms with Crippen molar-refractivity contribution in [3.05, 3.63) is 30.3 Å². The van der Waals surface area contributed by atoms with Crippen LogP contribution in [-0.4, -0.2) is 137 Å². The highest BCUT2D eigenvalue weighted by molar-refractivity contribution is 7.89. The van der Waals surface area contributed by atoms with E-state index < -0.39 is 130 Å². The maximum atomic E-state index is 14.2. The van der Waals surface area contributed by atoms with Gasteiger partial charge in [0.05, 0.1) is 58.6 Å². The summed E-state index contributed by atoms with van der Waals surface area (Å²) < 4.78 is 73.8. The van der Waals surface area contributed by atoms with Gasteiger partial charge in [-0.1, -0.05) is 45.9 Å². The Balaban J connectivity index is 1.60. The molecule has 332 valence electrons. The molecule has 4 aliphatic rings. The van der Waals surface area contributed by atoms with Gasteiger partial charge in [-0.3, -0.25) is 4.79 Å². The van der Waals surface area contributed by atoms with Gasteiger partial charge in [-0.2, -0.15) is 0 Å². The fraction of sp³-hybridized carbons (Fsp3) is 0.829. The van der Waals surface area contributed by atoms with Gasteiger partial charge in [-0.25, -0.2) is 13.1 Å². The van der Waals surface area contributed by atoms with E-state index in [4.69, 9.17) is 33.2 Å². The molecule has 19 atom stereocenters. The van der Waals surface area contributed by atoms with Crippen LogP contribution < -0.4 is 4.72 Å². The number of sulfonamides is 1. The zero-order chi connectivity index (χ0) is 43.3. The van der Waals surface area contributed by atoms with E-state index >= 15 is 0 Å². The Kier molecular flexibility index (Phi) is 14.2. The van der Waals surface area contributed by atoms with Crippen molar-refractivity contribution < 1.29 is 71.9 Å². The number of rotatable bonds is 9. The van der Waals surface area contributed by atoms with Gasteiger partial charge in [0, 0.05) is 31.3 Å². The molecule has 1 aromatic carbocycles. The van der Waals surface area contributed by atoms with Crippen molar-refractivity contribution in [2.45, 2.75) is 190 Å². The van der Waals surface area contributed by atoms with Crippen LogP contribution in [0.25, 0.3) is 0 Å². The molecule has 58 heavy (non-hydrogen) atoms. The third kappa shape index (κ3) is 9.03. The summed E-state index contributed by atoms with van der Waals surface area (Å²) in [5.74, 6) is -6.56. The summed E-state index contributed by atoms with van der Waals surface area (Å²) in [5, 5.41) is 58.8. The Labute approximate surface area is 342 Å². The summed E-state index contributed by atoms with van der Waals surface area (Å²) in [5.41, 5.74) is -4.57. The zero-order valence-electron chi connectivity index (χ0n) is 35.6. The second-order valence-corrected chi connectivity index (χ2v) is 19.6. The van der Waals surface area contributed by atoms with Crippen LogP contribution in [0.1, 0.15) is 94.9 Å². The SMILES string of the molecule is CC[C@H]1OC(=O)[C@H](C)[C@@H](O[C@H]2C[C@@](C)(OC)[C@@H](O)[C@H](C)O2)[C@H](C)[C@@H](O[C@@H]2O[C@H](C)C[C@H](NS(=O)(=O)c3ccccc3)[C@H]2O)[C@@]2(C)C[C@@H](C)C(O)(O2)[C@H](C)[C@@H](O)[C@]1(C)O. The predicted octanol–water partition coefficient (Wildman–Crippen LogP) is 2.36. The fourth-order valence-corrected chi connectivity index (χ4v) is 10.9. The Morgan fingerprint density at radius 3 is 2.16 bits per heavy atom. The fourth-order valence-electron chi connectivity index (χ4n) is 9.66. The quantitative estimate of drug-likeness (QED) is 0.196. The number of aliphatic hydroxyl groups is 5. The van der Waals surface area contributed by atoms with E-state index in [0.717, 1.165) is 0 Å². The molecule has 4 aliphatic heterocycles. The molecule has 5 rings (SSSR count). The van der Waals surface area contributed by atoms with Crippen LogP contribution >= 0.6 is 0 Å². The number of benzene rings is 1. The lowest BCUT2D eigenvalue weighted by molar-refractivity contribution is -0.337. The lowest BCUT2D eigenvalue weighted by atomic mass is 9.75. The van der Waals surface area contributed by atoms with Crippen LogP contribution in [0.5, 0.6) is 0 Å². The van der Waals surface area contributed by atoms with Crippen molar-refractivity contribution in [3.8, 4) is 0 Å². The monoisotopic (exact) mass is 845 g/mol. The average molecular weight is 846 g/mol. The Bertz CT molecular complexity index is 1670. The van der Waals surface area contributed by atoms with Crippen LogP contribution in [0.15, 0.2) is 35.2 Å². The van der Waals surface area contributed by atoms with Gasteiger partial charge in [0.1, 0.15) is 23.9 Å². The van der Waals surface area contributed by atoms with Crippen molar-refractivity contribution in [1.29, 1.82) is 0 Å². The van der Waals surface area contributed by atoms with Crippen molar-refractivity contribution in [1.82, 2.24) is 4.72 Å². The Hall–Kier alpha value is -1.84. The van der Waals surface area contributed by atoms with Crippen LogP contribution in [0.2, 0.25) is 0 Å². The molecule has 0 amide bonds. The van der Waals surface area contributed by atoms with E-state index in [9.17, 15) is 38.7 Å². The first-order chi connectivity index (χ1) is 26.8. The van der Waals surface area contributed by atoms with Gasteiger partial charge in [-0.05, 0) is 72.9 Å². The van der Waals surface area contributed by atoms with E-state index in [-0.39, 0.29) is 30.6 Å². The summed E-state index contributed by atoms with van der Waals surface area (Å²) in [6, 6.07) is 6.72. The minimum absolute atomic E-state index is 0.0145. The molecule has 0 aromatic heterocycles. The molecular weight excluding hydrogens is 779 g/mol. The topological polar surface area (TPSA) is 229 Å². The van der Waals surface area contributed by atoms with E-state index in [2.05, 4.69) is 4.72 Å². The zero-order valence-corrected chi connectivity index (χ0v) is 36.4. The molecule has 17 heteroatoms. The van der Waals surface area contributed by atoms with Crippen LogP contribution in [0, 0.1) is 23.7 Å². The summed E-state index contributed by atoms with van der Waals surface area (Å²) in [6.45, 7) is 16.5. The van der Waals surface area contributed by atoms with Gasteiger partial charge in [0.2, 0.25) is 10.0 Å². The number of methoxy groups -OCH3 is 1. The molecule has 6 N–H and O–H groups in total. The van der Waals surface area contributed by atoms with Crippen LogP contribution in [0.4, 0.5) is 0 Å². The molecule has 1 unspecified atom stereocenters. The first kappa shape index (κ1) is 47.2. The number of hydrogen-bond donors (Lipinski definition) is 6. The number of nitrogens with one attached hydrogen (secondary N) is 1. The van der Waals surface area contributed by atoms with Gasteiger partial charge in [0.15, 0.2) is 18.4 Å². The standard InChI is InChI=1S/C41H67NO15S/c1-12-29-40(10,47)33(44)25(6)41(48)21(2)19-39(9,57-41)35(56-37-31(43)28(18-22(3)52-37)42-58(49,50)27-16-14-13-15-17-27)23(4)32(24(5)36(46)54-29)55-30-20-38(8,51-11)34(45)26(7)53-30/h13-17,21-26,28-35,37,42-45,47-48H,12,18-20H2,1-11H3/t21-,22-,23+,24-,25-,26+,28+,29-,30+,31-,32+,33-,34+,35-,37+,38-,39-,40-,41?/m1/s1. The Morgan fingerprint density at radius 2 is 1.55 bits per heavy atom. The Morgan fingerprint density at radius 1 is 0.914 bits per heavy atom. The molecule has 4 fully saturated rings. The number of carbonyl (C=O) groups excluding carboxylic acids is 1. The molecule has 0 spiro atoms. The lowest BCUT2D eigenvalue weighted by Crippen LogP contribution is -2.61. The molecule has 0 radical (unpaired) electrons. The lowest BCUT2D eigenvalue weighted by Gasteiger charge is -2.48. The predicted molar refractivity (Wildman–Crippen MR) is 208 cm³/mol. The summed E-state index contributed by atoms with van der Waals surface area (Å²) in [4.78, 5) is 14.3. The van der Waals surface area contributed by atoms with E-state index in [0.29, 0.717) is 0 Å². The summed E-state index contributed by atoms with van der Waals surface area (Å²) >= 11 is 0. The highest BCUT2D eigenvalue weighted by atomic mass is 32.2. The molecule has 4 saturated heterocycles. The minimum atomic E-state index is -4.07. The molecule has 4 heterocycles. The highest BCUT2D eigenvalue weighted by Gasteiger charge is 2.63. The highest BCUT2D eigenvalue weighted by Crippen LogP contribution is 2.52. The number of ether oxygens (including phenoxy) is 7. The molecule has 0 saturated carbocycles. The normalized spacial score (nSPS) is 48.3. The number of fused-ring (bicyclic) bond motifs is 2. The maximum absolute atomic E-state index is 14.2. The van der Waals surface area contributed by atoms with Gasteiger partial charge < -0.3 is 58.7 Å². The first-order valence-corrected chi connectivity index (χ1v) is 22.0. The number of esters is 1. The van der Waals surface area contributed by atoms with Crippen molar-refractivity contribution in [3.63, 3.8) is 0 Å². The number of carbonyl (C=O) groups is 1. The smallest absolute Gasteiger partial charge is 0.311 e. The van der Waals surface area contributed by atoms with E-state index in [1.165, 1.54) is 26.2 Å².